The van der Waals surface area contributed by atoms with Crippen LogP contribution in [0.15, 0.2) is 18.5 Å². The normalized spacial score (nSPS) is 14.8. The zero-order valence-corrected chi connectivity index (χ0v) is 12.5. The SMILES string of the molecule is CCC(C)C(C)Nc1nccn2nc(C(C)C)cc12. The van der Waals surface area contributed by atoms with Crippen LogP contribution in [0, 0.1) is 5.92 Å². The molecule has 0 saturated carbocycles. The minimum atomic E-state index is 0.404. The van der Waals surface area contributed by atoms with Crippen LogP contribution in [0.25, 0.3) is 5.52 Å². The molecule has 0 spiro atoms. The van der Waals surface area contributed by atoms with Crippen molar-refractivity contribution in [1.82, 2.24) is 14.6 Å². The molecule has 2 heterocycles. The second kappa shape index (κ2) is 5.59. The van der Waals surface area contributed by atoms with Crippen molar-refractivity contribution >= 4 is 11.3 Å². The van der Waals surface area contributed by atoms with Crippen LogP contribution >= 0.6 is 0 Å². The monoisotopic (exact) mass is 260 g/mol. The van der Waals surface area contributed by atoms with E-state index in [9.17, 15) is 0 Å². The largest absolute Gasteiger partial charge is 0.366 e. The third kappa shape index (κ3) is 2.88. The third-order valence-corrected chi connectivity index (χ3v) is 3.86. The summed E-state index contributed by atoms with van der Waals surface area (Å²) >= 11 is 0. The minimum absolute atomic E-state index is 0.404. The van der Waals surface area contributed by atoms with Gasteiger partial charge in [0, 0.05) is 18.4 Å². The standard InChI is InChI=1S/C15H24N4/c1-6-11(4)12(5)17-15-14-9-13(10(2)3)18-19(14)8-7-16-15/h7-12H,6H2,1-5H3,(H,16,17). The molecule has 0 fully saturated rings. The lowest BCUT2D eigenvalue weighted by atomic mass is 10.0. The summed E-state index contributed by atoms with van der Waals surface area (Å²) in [4.78, 5) is 4.46. The fraction of sp³-hybridized carbons (Fsp3) is 0.600. The van der Waals surface area contributed by atoms with Crippen molar-refractivity contribution in [3.63, 3.8) is 0 Å². The number of rotatable bonds is 5. The molecule has 4 heteroatoms. The van der Waals surface area contributed by atoms with Gasteiger partial charge in [-0.3, -0.25) is 0 Å². The van der Waals surface area contributed by atoms with Gasteiger partial charge in [0.2, 0.25) is 0 Å². The number of fused-ring (bicyclic) bond motifs is 1. The number of anilines is 1. The van der Waals surface area contributed by atoms with E-state index < -0.39 is 0 Å². The third-order valence-electron chi connectivity index (χ3n) is 3.86. The van der Waals surface area contributed by atoms with E-state index in [1.54, 1.807) is 6.20 Å². The fourth-order valence-corrected chi connectivity index (χ4v) is 2.05. The van der Waals surface area contributed by atoms with Crippen molar-refractivity contribution in [2.75, 3.05) is 5.32 Å². The van der Waals surface area contributed by atoms with Crippen molar-refractivity contribution in [2.45, 2.75) is 53.0 Å². The smallest absolute Gasteiger partial charge is 0.152 e. The van der Waals surface area contributed by atoms with Crippen LogP contribution in [-0.4, -0.2) is 20.6 Å². The van der Waals surface area contributed by atoms with E-state index in [0.717, 1.165) is 23.4 Å². The lowest BCUT2D eigenvalue weighted by molar-refractivity contribution is 0.493. The first kappa shape index (κ1) is 13.8. The van der Waals surface area contributed by atoms with Gasteiger partial charge < -0.3 is 5.32 Å². The zero-order chi connectivity index (χ0) is 14.0. The van der Waals surface area contributed by atoms with E-state index in [1.165, 1.54) is 0 Å². The summed E-state index contributed by atoms with van der Waals surface area (Å²) in [6.45, 7) is 11.0. The number of hydrogen-bond acceptors (Lipinski definition) is 3. The molecule has 0 aliphatic rings. The molecule has 0 aliphatic carbocycles. The fourth-order valence-electron chi connectivity index (χ4n) is 2.05. The van der Waals surface area contributed by atoms with E-state index >= 15 is 0 Å². The van der Waals surface area contributed by atoms with Crippen molar-refractivity contribution in [3.8, 4) is 0 Å². The highest BCUT2D eigenvalue weighted by atomic mass is 15.2. The highest BCUT2D eigenvalue weighted by Gasteiger charge is 2.14. The van der Waals surface area contributed by atoms with E-state index in [2.05, 4.69) is 56.1 Å². The molecule has 1 N–H and O–H groups in total. The Kier molecular flexibility index (Phi) is 4.08. The van der Waals surface area contributed by atoms with Gasteiger partial charge in [0.05, 0.1) is 5.69 Å². The summed E-state index contributed by atoms with van der Waals surface area (Å²) in [6, 6.07) is 2.53. The van der Waals surface area contributed by atoms with E-state index in [0.29, 0.717) is 17.9 Å². The van der Waals surface area contributed by atoms with Gasteiger partial charge in [0.1, 0.15) is 5.52 Å². The van der Waals surface area contributed by atoms with Gasteiger partial charge >= 0.3 is 0 Å². The Morgan fingerprint density at radius 3 is 2.63 bits per heavy atom. The van der Waals surface area contributed by atoms with Crippen molar-refractivity contribution < 1.29 is 0 Å². The van der Waals surface area contributed by atoms with Crippen LogP contribution in [0.4, 0.5) is 5.82 Å². The summed E-state index contributed by atoms with van der Waals surface area (Å²) in [5, 5.41) is 8.10. The molecule has 4 nitrogen and oxygen atoms in total. The maximum atomic E-state index is 4.58. The number of hydrogen-bond donors (Lipinski definition) is 1. The van der Waals surface area contributed by atoms with Gasteiger partial charge in [-0.25, -0.2) is 9.50 Å². The Hall–Kier alpha value is -1.58. The Morgan fingerprint density at radius 2 is 2.00 bits per heavy atom. The molecule has 0 amide bonds. The van der Waals surface area contributed by atoms with Gasteiger partial charge in [-0.05, 0) is 24.8 Å². The number of nitrogens with zero attached hydrogens (tertiary/aromatic N) is 3. The molecule has 2 aromatic rings. The van der Waals surface area contributed by atoms with Crippen LogP contribution in [0.2, 0.25) is 0 Å². The van der Waals surface area contributed by atoms with Crippen LogP contribution in [0.5, 0.6) is 0 Å². The van der Waals surface area contributed by atoms with E-state index in [1.807, 2.05) is 10.7 Å². The quantitative estimate of drug-likeness (QED) is 0.891. The topological polar surface area (TPSA) is 42.2 Å². The second-order valence-corrected chi connectivity index (χ2v) is 5.65. The van der Waals surface area contributed by atoms with Crippen molar-refractivity contribution in [2.24, 2.45) is 5.92 Å². The molecule has 2 rings (SSSR count). The second-order valence-electron chi connectivity index (χ2n) is 5.65. The molecule has 0 bridgehead atoms. The molecule has 0 aliphatic heterocycles. The maximum Gasteiger partial charge on any atom is 0.152 e. The molecule has 2 unspecified atom stereocenters. The lowest BCUT2D eigenvalue weighted by Gasteiger charge is -2.20. The zero-order valence-electron chi connectivity index (χ0n) is 12.5. The lowest BCUT2D eigenvalue weighted by Crippen LogP contribution is -2.24. The molecule has 0 radical (unpaired) electrons. The average Bonchev–Trinajstić information content (AvgIpc) is 2.83. The number of nitrogens with one attached hydrogen (secondary N) is 1. The molecule has 2 atom stereocenters. The highest BCUT2D eigenvalue weighted by molar-refractivity contribution is 5.68. The van der Waals surface area contributed by atoms with Crippen LogP contribution in [-0.2, 0) is 0 Å². The maximum absolute atomic E-state index is 4.58. The Bertz CT molecular complexity index is 544. The number of aromatic nitrogens is 3. The molecule has 19 heavy (non-hydrogen) atoms. The first-order chi connectivity index (χ1) is 9.02. The van der Waals surface area contributed by atoms with Crippen LogP contribution in [0.3, 0.4) is 0 Å². The Balaban J connectivity index is 2.32. The molecule has 0 aromatic carbocycles. The van der Waals surface area contributed by atoms with Crippen LogP contribution < -0.4 is 5.32 Å². The highest BCUT2D eigenvalue weighted by Crippen LogP contribution is 2.21. The van der Waals surface area contributed by atoms with Gasteiger partial charge in [0.25, 0.3) is 0 Å². The molecule has 0 saturated heterocycles. The van der Waals surface area contributed by atoms with Gasteiger partial charge in [-0.1, -0.05) is 34.1 Å². The summed E-state index contributed by atoms with van der Waals surface area (Å²) in [5.41, 5.74) is 2.16. The summed E-state index contributed by atoms with van der Waals surface area (Å²) in [5.74, 6) is 1.98. The van der Waals surface area contributed by atoms with Crippen LogP contribution in [0.1, 0.15) is 52.7 Å². The molecule has 2 aromatic heterocycles. The Labute approximate surface area is 115 Å². The van der Waals surface area contributed by atoms with Gasteiger partial charge in [-0.15, -0.1) is 0 Å². The van der Waals surface area contributed by atoms with Crippen molar-refractivity contribution in [3.05, 3.63) is 24.2 Å². The Morgan fingerprint density at radius 1 is 1.26 bits per heavy atom. The predicted molar refractivity (Wildman–Crippen MR) is 79.6 cm³/mol. The predicted octanol–water partition coefficient (Wildman–Crippen LogP) is 3.70. The molecule has 104 valence electrons. The van der Waals surface area contributed by atoms with Gasteiger partial charge in [0.15, 0.2) is 5.82 Å². The van der Waals surface area contributed by atoms with Crippen molar-refractivity contribution in [1.29, 1.82) is 0 Å². The first-order valence-electron chi connectivity index (χ1n) is 7.13. The first-order valence-corrected chi connectivity index (χ1v) is 7.13. The van der Waals surface area contributed by atoms with Gasteiger partial charge in [-0.2, -0.15) is 5.10 Å². The van der Waals surface area contributed by atoms with E-state index in [-0.39, 0.29) is 0 Å². The van der Waals surface area contributed by atoms with E-state index in [4.69, 9.17) is 0 Å². The molecular weight excluding hydrogens is 236 g/mol. The summed E-state index contributed by atoms with van der Waals surface area (Å²) in [7, 11) is 0. The molecular formula is C15H24N4. The average molecular weight is 260 g/mol. The minimum Gasteiger partial charge on any atom is -0.366 e. The summed E-state index contributed by atoms with van der Waals surface area (Å²) < 4.78 is 1.91. The summed E-state index contributed by atoms with van der Waals surface area (Å²) in [6.07, 6.45) is 4.86.